The van der Waals surface area contributed by atoms with Crippen molar-refractivity contribution in [2.45, 2.75) is 52.2 Å². The lowest BCUT2D eigenvalue weighted by Gasteiger charge is -2.30. The fourth-order valence-corrected chi connectivity index (χ4v) is 2.42. The molecule has 18 heavy (non-hydrogen) atoms. The first-order valence-electron chi connectivity index (χ1n) is 6.68. The van der Waals surface area contributed by atoms with E-state index < -0.39 is 0 Å². The molecule has 0 radical (unpaired) electrons. The number of carbonyl (C=O) groups is 1. The second kappa shape index (κ2) is 9.64. The van der Waals surface area contributed by atoms with Crippen LogP contribution in [-0.4, -0.2) is 54.0 Å². The Kier molecular flexibility index (Phi) is 9.50. The molecule has 0 aromatic heterocycles. The minimum Gasteiger partial charge on any atom is -0.353 e. The highest BCUT2D eigenvalue weighted by molar-refractivity contribution is 7.98. The number of amides is 1. The maximum atomic E-state index is 11.7. The van der Waals surface area contributed by atoms with Crippen LogP contribution in [0.3, 0.4) is 0 Å². The zero-order valence-corrected chi connectivity index (χ0v) is 13.2. The summed E-state index contributed by atoms with van der Waals surface area (Å²) in [5.74, 6) is 0.898. The number of thioether (sulfide) groups is 1. The van der Waals surface area contributed by atoms with Crippen molar-refractivity contribution in [3.8, 4) is 0 Å². The quantitative estimate of drug-likeness (QED) is 0.666. The second-order valence-electron chi connectivity index (χ2n) is 5.10. The van der Waals surface area contributed by atoms with Crippen molar-refractivity contribution in [2.75, 3.05) is 25.1 Å². The third kappa shape index (κ3) is 7.24. The summed E-state index contributed by atoms with van der Waals surface area (Å²) in [5.41, 5.74) is 5.80. The maximum Gasteiger partial charge on any atom is 0.236 e. The van der Waals surface area contributed by atoms with E-state index in [0.717, 1.165) is 18.7 Å². The summed E-state index contributed by atoms with van der Waals surface area (Å²) in [7, 11) is 0. The second-order valence-corrected chi connectivity index (χ2v) is 6.09. The smallest absolute Gasteiger partial charge is 0.236 e. The molecular weight excluding hydrogens is 246 g/mol. The summed E-state index contributed by atoms with van der Waals surface area (Å²) in [6.45, 7) is 10.2. The van der Waals surface area contributed by atoms with Gasteiger partial charge in [0.05, 0.1) is 6.04 Å². The van der Waals surface area contributed by atoms with Crippen LogP contribution in [0.2, 0.25) is 0 Å². The molecule has 0 saturated carbocycles. The molecule has 0 aliphatic carbocycles. The Morgan fingerprint density at radius 2 is 1.83 bits per heavy atom. The first-order valence-corrected chi connectivity index (χ1v) is 8.07. The van der Waals surface area contributed by atoms with Crippen molar-refractivity contribution in [3.05, 3.63) is 0 Å². The lowest BCUT2D eigenvalue weighted by atomic mass is 10.2. The Hall–Kier alpha value is -0.260. The predicted octanol–water partition coefficient (Wildman–Crippen LogP) is 1.30. The highest BCUT2D eigenvalue weighted by Crippen LogP contribution is 2.03. The predicted molar refractivity (Wildman–Crippen MR) is 81.0 cm³/mol. The highest BCUT2D eigenvalue weighted by Gasteiger charge is 2.15. The number of hydrogen-bond donors (Lipinski definition) is 2. The molecule has 1 amide bonds. The van der Waals surface area contributed by atoms with Gasteiger partial charge in [-0.1, -0.05) is 0 Å². The summed E-state index contributed by atoms with van der Waals surface area (Å²) in [4.78, 5) is 14.1. The van der Waals surface area contributed by atoms with Gasteiger partial charge in [0.15, 0.2) is 0 Å². The lowest BCUT2D eigenvalue weighted by molar-refractivity contribution is -0.122. The van der Waals surface area contributed by atoms with Crippen molar-refractivity contribution in [1.29, 1.82) is 0 Å². The monoisotopic (exact) mass is 275 g/mol. The van der Waals surface area contributed by atoms with Crippen LogP contribution in [0.4, 0.5) is 0 Å². The van der Waals surface area contributed by atoms with Gasteiger partial charge in [-0.25, -0.2) is 0 Å². The fourth-order valence-electron chi connectivity index (χ4n) is 1.93. The first kappa shape index (κ1) is 17.7. The first-order chi connectivity index (χ1) is 8.40. The van der Waals surface area contributed by atoms with Gasteiger partial charge in [0.2, 0.25) is 5.91 Å². The van der Waals surface area contributed by atoms with Gasteiger partial charge >= 0.3 is 0 Å². The summed E-state index contributed by atoms with van der Waals surface area (Å²) in [6.07, 6.45) is 2.76. The molecule has 0 unspecified atom stereocenters. The molecule has 0 spiro atoms. The number of carbonyl (C=O) groups excluding carboxylic acids is 1. The van der Waals surface area contributed by atoms with E-state index in [4.69, 9.17) is 5.73 Å². The van der Waals surface area contributed by atoms with E-state index in [1.165, 1.54) is 0 Å². The van der Waals surface area contributed by atoms with Crippen LogP contribution in [-0.2, 0) is 4.79 Å². The average molecular weight is 275 g/mol. The Labute approximate surface area is 116 Å². The number of rotatable bonds is 9. The van der Waals surface area contributed by atoms with E-state index in [1.54, 1.807) is 11.8 Å². The van der Waals surface area contributed by atoms with E-state index in [1.807, 2.05) is 6.26 Å². The molecule has 0 aromatic carbocycles. The minimum atomic E-state index is -0.371. The molecule has 0 aliphatic rings. The Morgan fingerprint density at radius 1 is 1.28 bits per heavy atom. The third-order valence-electron chi connectivity index (χ3n) is 2.97. The van der Waals surface area contributed by atoms with E-state index >= 15 is 0 Å². The largest absolute Gasteiger partial charge is 0.353 e. The van der Waals surface area contributed by atoms with Gasteiger partial charge in [-0.3, -0.25) is 9.69 Å². The van der Waals surface area contributed by atoms with E-state index in [0.29, 0.717) is 18.6 Å². The van der Waals surface area contributed by atoms with Crippen molar-refractivity contribution >= 4 is 17.7 Å². The third-order valence-corrected chi connectivity index (χ3v) is 3.61. The lowest BCUT2D eigenvalue weighted by Crippen LogP contribution is -2.46. The fraction of sp³-hybridized carbons (Fsp3) is 0.923. The van der Waals surface area contributed by atoms with E-state index in [2.05, 4.69) is 37.9 Å². The summed E-state index contributed by atoms with van der Waals surface area (Å²) < 4.78 is 0. The van der Waals surface area contributed by atoms with Gasteiger partial charge in [-0.15, -0.1) is 0 Å². The van der Waals surface area contributed by atoms with Crippen LogP contribution in [0, 0.1) is 0 Å². The van der Waals surface area contributed by atoms with Crippen LogP contribution in [0.25, 0.3) is 0 Å². The average Bonchev–Trinajstić information content (AvgIpc) is 2.30. The number of nitrogens with two attached hydrogens (primary N) is 1. The molecule has 108 valence electrons. The van der Waals surface area contributed by atoms with Gasteiger partial charge in [0.1, 0.15) is 0 Å². The van der Waals surface area contributed by atoms with Crippen LogP contribution in [0.5, 0.6) is 0 Å². The molecule has 1 atom stereocenters. The normalized spacial score (nSPS) is 13.4. The molecule has 0 aromatic rings. The Balaban J connectivity index is 3.91. The molecule has 0 aliphatic heterocycles. The van der Waals surface area contributed by atoms with Gasteiger partial charge in [-0.05, 0) is 46.1 Å². The number of nitrogens with zero attached hydrogens (tertiary/aromatic N) is 1. The SMILES string of the molecule is CSCC[C@H](N)C(=O)NCCN(C(C)C)C(C)C. The molecule has 3 N–H and O–H groups in total. The molecule has 0 fully saturated rings. The molecule has 4 nitrogen and oxygen atoms in total. The van der Waals surface area contributed by atoms with Crippen molar-refractivity contribution < 1.29 is 4.79 Å². The maximum absolute atomic E-state index is 11.7. The van der Waals surface area contributed by atoms with E-state index in [9.17, 15) is 4.79 Å². The summed E-state index contributed by atoms with van der Waals surface area (Å²) in [5, 5.41) is 2.92. The summed E-state index contributed by atoms with van der Waals surface area (Å²) in [6, 6.07) is 0.614. The van der Waals surface area contributed by atoms with Crippen molar-refractivity contribution in [3.63, 3.8) is 0 Å². The molecule has 0 bridgehead atoms. The van der Waals surface area contributed by atoms with Gasteiger partial charge in [-0.2, -0.15) is 11.8 Å². The Morgan fingerprint density at radius 3 is 2.28 bits per heavy atom. The molecular formula is C13H29N3OS. The Bertz CT molecular complexity index is 226. The standard InChI is InChI=1S/C13H29N3OS/c1-10(2)16(11(3)4)8-7-15-13(17)12(14)6-9-18-5/h10-12H,6-9,14H2,1-5H3,(H,15,17)/t12-/m0/s1. The topological polar surface area (TPSA) is 58.4 Å². The number of nitrogens with one attached hydrogen (secondary N) is 1. The highest BCUT2D eigenvalue weighted by atomic mass is 32.2. The van der Waals surface area contributed by atoms with Crippen LogP contribution >= 0.6 is 11.8 Å². The van der Waals surface area contributed by atoms with Crippen molar-refractivity contribution in [1.82, 2.24) is 10.2 Å². The van der Waals surface area contributed by atoms with Gasteiger partial charge in [0.25, 0.3) is 0 Å². The van der Waals surface area contributed by atoms with Gasteiger partial charge in [0, 0.05) is 25.2 Å². The number of hydrogen-bond acceptors (Lipinski definition) is 4. The zero-order valence-electron chi connectivity index (χ0n) is 12.4. The van der Waals surface area contributed by atoms with E-state index in [-0.39, 0.29) is 11.9 Å². The van der Waals surface area contributed by atoms with Crippen LogP contribution in [0.1, 0.15) is 34.1 Å². The summed E-state index contributed by atoms with van der Waals surface area (Å²) >= 11 is 1.72. The van der Waals surface area contributed by atoms with Crippen LogP contribution in [0.15, 0.2) is 0 Å². The molecule has 5 heteroatoms. The zero-order chi connectivity index (χ0) is 14.1. The van der Waals surface area contributed by atoms with Crippen molar-refractivity contribution in [2.24, 2.45) is 5.73 Å². The molecule has 0 saturated heterocycles. The molecule has 0 heterocycles. The minimum absolute atomic E-state index is 0.0310. The molecule has 0 rings (SSSR count). The van der Waals surface area contributed by atoms with Gasteiger partial charge < -0.3 is 11.1 Å². The van der Waals surface area contributed by atoms with Crippen LogP contribution < -0.4 is 11.1 Å².